The van der Waals surface area contributed by atoms with Crippen LogP contribution in [0, 0.1) is 11.8 Å². The van der Waals surface area contributed by atoms with Crippen molar-refractivity contribution in [2.75, 3.05) is 0 Å². The number of hydrogen-bond acceptors (Lipinski definition) is 4. The lowest BCUT2D eigenvalue weighted by Gasteiger charge is -2.00. The largest absolute Gasteiger partial charge is 0.351 e. The van der Waals surface area contributed by atoms with Crippen LogP contribution in [0.3, 0.4) is 0 Å². The van der Waals surface area contributed by atoms with Gasteiger partial charge in [0.15, 0.2) is 11.6 Å². The normalized spacial score (nSPS) is 11.1. The Balaban J connectivity index is 0.000000171. The quantitative estimate of drug-likeness (QED) is 0.410. The predicted octanol–water partition coefficient (Wildman–Crippen LogP) is 5.58. The van der Waals surface area contributed by atoms with Crippen LogP contribution in [0.15, 0.2) is 49.1 Å². The molecule has 0 aliphatic rings. The van der Waals surface area contributed by atoms with Gasteiger partial charge in [-0.2, -0.15) is 0 Å². The molecule has 30 heavy (non-hydrogen) atoms. The van der Waals surface area contributed by atoms with E-state index in [2.05, 4.69) is 19.9 Å². The van der Waals surface area contributed by atoms with Crippen molar-refractivity contribution < 1.29 is 9.59 Å². The maximum atomic E-state index is 11.8. The van der Waals surface area contributed by atoms with Crippen LogP contribution < -0.4 is 0 Å². The summed E-state index contributed by atoms with van der Waals surface area (Å²) in [4.78, 5) is 37.7. The van der Waals surface area contributed by atoms with E-state index in [1.54, 1.807) is 24.8 Å². The zero-order valence-electron chi connectivity index (χ0n) is 17.9. The first-order chi connectivity index (χ1) is 14.3. The van der Waals surface area contributed by atoms with Crippen LogP contribution in [0.5, 0.6) is 0 Å². The first-order valence-corrected chi connectivity index (χ1v) is 10.3. The fourth-order valence-electron chi connectivity index (χ4n) is 3.21. The monoisotopic (exact) mass is 404 g/mol. The van der Waals surface area contributed by atoms with Gasteiger partial charge >= 0.3 is 0 Å². The molecule has 4 heterocycles. The van der Waals surface area contributed by atoms with Crippen molar-refractivity contribution >= 4 is 33.4 Å². The Morgan fingerprint density at radius 3 is 1.50 bits per heavy atom. The van der Waals surface area contributed by atoms with E-state index < -0.39 is 0 Å². The van der Waals surface area contributed by atoms with Gasteiger partial charge in [-0.1, -0.05) is 27.7 Å². The Kier molecular flexibility index (Phi) is 6.77. The number of rotatable bonds is 6. The SMILES string of the molecule is CC(C)CC(=O)c1cc2ccncc2[nH]1.CC(C)CC(=O)c1cc2ccncc2[nH]1. The number of H-pyrrole nitrogens is 2. The Labute approximate surface area is 176 Å². The summed E-state index contributed by atoms with van der Waals surface area (Å²) in [5.74, 6) is 1.12. The third-order valence-electron chi connectivity index (χ3n) is 4.64. The maximum absolute atomic E-state index is 11.8. The van der Waals surface area contributed by atoms with Gasteiger partial charge in [0.1, 0.15) is 0 Å². The van der Waals surface area contributed by atoms with Crippen molar-refractivity contribution in [3.63, 3.8) is 0 Å². The number of hydrogen-bond donors (Lipinski definition) is 2. The first kappa shape index (κ1) is 21.4. The van der Waals surface area contributed by atoms with Crippen molar-refractivity contribution in [1.29, 1.82) is 0 Å². The molecule has 4 rings (SSSR count). The molecule has 4 aromatic rings. The third kappa shape index (κ3) is 5.41. The summed E-state index contributed by atoms with van der Waals surface area (Å²) in [5, 5.41) is 2.08. The molecular formula is C24H28N4O2. The molecule has 0 radical (unpaired) electrons. The van der Waals surface area contributed by atoms with E-state index in [1.165, 1.54) is 0 Å². The van der Waals surface area contributed by atoms with Gasteiger partial charge in [-0.25, -0.2) is 0 Å². The smallest absolute Gasteiger partial charge is 0.179 e. The molecule has 0 saturated carbocycles. The van der Waals surface area contributed by atoms with Crippen molar-refractivity contribution in [1.82, 2.24) is 19.9 Å². The number of fused-ring (bicyclic) bond motifs is 2. The second-order valence-electron chi connectivity index (χ2n) is 8.33. The van der Waals surface area contributed by atoms with E-state index in [1.807, 2.05) is 52.0 Å². The first-order valence-electron chi connectivity index (χ1n) is 10.3. The van der Waals surface area contributed by atoms with Crippen LogP contribution in [0.2, 0.25) is 0 Å². The number of nitrogens with one attached hydrogen (secondary N) is 2. The zero-order chi connectivity index (χ0) is 21.7. The molecule has 0 atom stereocenters. The van der Waals surface area contributed by atoms with Crippen LogP contribution in [0.4, 0.5) is 0 Å². The van der Waals surface area contributed by atoms with Crippen molar-refractivity contribution in [3.05, 3.63) is 60.4 Å². The van der Waals surface area contributed by atoms with Gasteiger partial charge < -0.3 is 9.97 Å². The summed E-state index contributed by atoms with van der Waals surface area (Å²) in [6.45, 7) is 8.18. The van der Waals surface area contributed by atoms with Crippen LogP contribution >= 0.6 is 0 Å². The van der Waals surface area contributed by atoms with E-state index in [0.29, 0.717) is 36.1 Å². The van der Waals surface area contributed by atoms with Crippen molar-refractivity contribution in [2.45, 2.75) is 40.5 Å². The highest BCUT2D eigenvalue weighted by Crippen LogP contribution is 2.17. The van der Waals surface area contributed by atoms with Gasteiger partial charge in [0.05, 0.1) is 34.8 Å². The van der Waals surface area contributed by atoms with Crippen molar-refractivity contribution in [2.24, 2.45) is 11.8 Å². The number of carbonyl (C=O) groups excluding carboxylic acids is 2. The van der Waals surface area contributed by atoms with Crippen molar-refractivity contribution in [3.8, 4) is 0 Å². The summed E-state index contributed by atoms with van der Waals surface area (Å²) >= 11 is 0. The fourth-order valence-corrected chi connectivity index (χ4v) is 3.21. The van der Waals surface area contributed by atoms with Gasteiger partial charge in [0.2, 0.25) is 0 Å². The highest BCUT2D eigenvalue weighted by molar-refractivity contribution is 6.00. The molecule has 0 saturated heterocycles. The Hall–Kier alpha value is -3.28. The number of aromatic amines is 2. The number of carbonyl (C=O) groups is 2. The van der Waals surface area contributed by atoms with E-state index in [-0.39, 0.29) is 11.6 Å². The Morgan fingerprint density at radius 2 is 1.17 bits per heavy atom. The second kappa shape index (κ2) is 9.48. The molecular weight excluding hydrogens is 376 g/mol. The standard InChI is InChI=1S/2C12H14N2O/c2*1-8(2)5-12(15)10-6-9-3-4-13-7-11(9)14-10/h2*3-4,6-8,14H,5H2,1-2H3. The number of nitrogens with zero attached hydrogens (tertiary/aromatic N) is 2. The van der Waals surface area contributed by atoms with Crippen LogP contribution in [-0.2, 0) is 0 Å². The minimum atomic E-state index is 0.168. The molecule has 6 nitrogen and oxygen atoms in total. The number of aromatic nitrogens is 4. The molecule has 0 aliphatic carbocycles. The third-order valence-corrected chi connectivity index (χ3v) is 4.64. The number of Topliss-reactive ketones (excluding diaryl/α,β-unsaturated/α-hetero) is 2. The summed E-state index contributed by atoms with van der Waals surface area (Å²) in [6, 6.07) is 7.58. The molecule has 0 bridgehead atoms. The number of pyridine rings is 2. The lowest BCUT2D eigenvalue weighted by molar-refractivity contribution is 0.0955. The van der Waals surface area contributed by atoms with Crippen LogP contribution in [-0.4, -0.2) is 31.5 Å². The second-order valence-corrected chi connectivity index (χ2v) is 8.33. The predicted molar refractivity (Wildman–Crippen MR) is 120 cm³/mol. The molecule has 0 amide bonds. The molecule has 0 aromatic carbocycles. The molecule has 2 N–H and O–H groups in total. The van der Waals surface area contributed by atoms with E-state index in [9.17, 15) is 9.59 Å². The zero-order valence-corrected chi connectivity index (χ0v) is 17.9. The number of ketones is 2. The molecule has 6 heteroatoms. The van der Waals surface area contributed by atoms with E-state index in [4.69, 9.17) is 0 Å². The average Bonchev–Trinajstić information content (AvgIpc) is 3.31. The van der Waals surface area contributed by atoms with Gasteiger partial charge in [0, 0.05) is 36.0 Å². The molecule has 156 valence electrons. The fraction of sp³-hybridized carbons (Fsp3) is 0.333. The summed E-state index contributed by atoms with van der Waals surface area (Å²) in [5.41, 5.74) is 3.22. The maximum Gasteiger partial charge on any atom is 0.179 e. The summed E-state index contributed by atoms with van der Waals surface area (Å²) in [7, 11) is 0. The van der Waals surface area contributed by atoms with Crippen LogP contribution in [0.25, 0.3) is 21.8 Å². The molecule has 0 unspecified atom stereocenters. The molecule has 0 aliphatic heterocycles. The topological polar surface area (TPSA) is 91.5 Å². The molecule has 0 spiro atoms. The molecule has 4 aromatic heterocycles. The highest BCUT2D eigenvalue weighted by atomic mass is 16.1. The highest BCUT2D eigenvalue weighted by Gasteiger charge is 2.11. The minimum absolute atomic E-state index is 0.168. The average molecular weight is 405 g/mol. The van der Waals surface area contributed by atoms with Gasteiger partial charge in [0.25, 0.3) is 0 Å². The Bertz CT molecular complexity index is 996. The lowest BCUT2D eigenvalue weighted by atomic mass is 10.1. The summed E-state index contributed by atoms with van der Waals surface area (Å²) < 4.78 is 0. The van der Waals surface area contributed by atoms with Gasteiger partial charge in [-0.15, -0.1) is 0 Å². The minimum Gasteiger partial charge on any atom is -0.351 e. The van der Waals surface area contributed by atoms with Crippen LogP contribution in [0.1, 0.15) is 61.5 Å². The lowest BCUT2D eigenvalue weighted by Crippen LogP contribution is -2.03. The van der Waals surface area contributed by atoms with E-state index in [0.717, 1.165) is 21.8 Å². The molecule has 0 fully saturated rings. The van der Waals surface area contributed by atoms with Gasteiger partial charge in [-0.3, -0.25) is 19.6 Å². The Morgan fingerprint density at radius 1 is 0.767 bits per heavy atom. The van der Waals surface area contributed by atoms with Gasteiger partial charge in [-0.05, 0) is 36.1 Å². The van der Waals surface area contributed by atoms with E-state index >= 15 is 0 Å². The summed E-state index contributed by atoms with van der Waals surface area (Å²) in [6.07, 6.45) is 8.10.